The van der Waals surface area contributed by atoms with E-state index in [1.807, 2.05) is 74.5 Å². The molecule has 0 fully saturated rings. The molecule has 3 atom stereocenters. The Morgan fingerprint density at radius 2 is 1.46 bits per heavy atom. The molecule has 0 aliphatic carbocycles. The average molecular weight is 820 g/mol. The molecule has 4 aromatic carbocycles. The summed E-state index contributed by atoms with van der Waals surface area (Å²) in [6.07, 6.45) is -3.77. The summed E-state index contributed by atoms with van der Waals surface area (Å²) < 4.78 is 37.0. The second-order valence-corrected chi connectivity index (χ2v) is 14.0. The van der Waals surface area contributed by atoms with Crippen LogP contribution < -0.4 is 21.7 Å². The first-order valence-electron chi connectivity index (χ1n) is 18.9. The van der Waals surface area contributed by atoms with E-state index < -0.39 is 42.3 Å². The smallest absolute Gasteiger partial charge is 0.490 e. The zero-order chi connectivity index (χ0) is 43.1. The van der Waals surface area contributed by atoms with Gasteiger partial charge in [0.05, 0.1) is 6.04 Å². The molecule has 1 aliphatic heterocycles. The van der Waals surface area contributed by atoms with E-state index in [0.29, 0.717) is 31.5 Å². The Balaban J connectivity index is 0.00000101. The fourth-order valence-electron chi connectivity index (χ4n) is 6.53. The fourth-order valence-corrected chi connectivity index (χ4v) is 6.53. The maximum absolute atomic E-state index is 14.2. The second kappa shape index (κ2) is 21.4. The Kier molecular flexibility index (Phi) is 16.4. The van der Waals surface area contributed by atoms with E-state index in [1.165, 1.54) is 4.90 Å². The molecule has 2 unspecified atom stereocenters. The van der Waals surface area contributed by atoms with Crippen molar-refractivity contribution in [3.63, 3.8) is 0 Å². The van der Waals surface area contributed by atoms with Crippen LogP contribution in [0.2, 0.25) is 0 Å². The lowest BCUT2D eigenvalue weighted by molar-refractivity contribution is -0.192. The largest absolute Gasteiger partial charge is 0.508 e. The minimum absolute atomic E-state index is 0.145. The van der Waals surface area contributed by atoms with E-state index in [0.717, 1.165) is 33.4 Å². The molecule has 16 heteroatoms. The molecule has 0 saturated heterocycles. The number of hydrogen-bond donors (Lipinski definition) is 6. The summed E-state index contributed by atoms with van der Waals surface area (Å²) in [5.41, 5.74) is 12.4. The van der Waals surface area contributed by atoms with Crippen molar-refractivity contribution >= 4 is 35.5 Å². The van der Waals surface area contributed by atoms with Gasteiger partial charge in [-0.25, -0.2) is 9.59 Å². The molecule has 0 bridgehead atoms. The number of aliphatic carboxylic acids is 1. The van der Waals surface area contributed by atoms with Crippen molar-refractivity contribution in [2.45, 2.75) is 83.4 Å². The first kappa shape index (κ1) is 45.3. The third-order valence-electron chi connectivity index (χ3n) is 9.57. The van der Waals surface area contributed by atoms with Crippen LogP contribution in [0.4, 0.5) is 23.7 Å². The van der Waals surface area contributed by atoms with Gasteiger partial charge in [0.1, 0.15) is 24.4 Å². The van der Waals surface area contributed by atoms with Gasteiger partial charge in [-0.2, -0.15) is 13.2 Å². The fraction of sp³-hybridized carbons (Fsp3) is 0.326. The maximum atomic E-state index is 14.2. The average Bonchev–Trinajstić information content (AvgIpc) is 3.20. The number of aromatic hydroxyl groups is 1. The number of para-hydroxylation sites is 1. The van der Waals surface area contributed by atoms with Crippen LogP contribution in [0.15, 0.2) is 97.1 Å². The summed E-state index contributed by atoms with van der Waals surface area (Å²) in [6.45, 7) is 4.41. The van der Waals surface area contributed by atoms with Gasteiger partial charge in [0.25, 0.3) is 0 Å². The van der Waals surface area contributed by atoms with E-state index in [2.05, 4.69) is 16.0 Å². The molecule has 7 N–H and O–H groups in total. The molecule has 0 spiro atoms. The number of carbonyl (C=O) groups excluding carboxylic acids is 4. The van der Waals surface area contributed by atoms with Crippen LogP contribution in [0.5, 0.6) is 5.75 Å². The predicted octanol–water partition coefficient (Wildman–Crippen LogP) is 5.69. The van der Waals surface area contributed by atoms with Gasteiger partial charge in [-0.3, -0.25) is 14.4 Å². The lowest BCUT2D eigenvalue weighted by Crippen LogP contribution is -2.58. The number of phenols is 1. The highest BCUT2D eigenvalue weighted by Gasteiger charge is 2.39. The normalized spacial score (nSPS) is 14.3. The second-order valence-electron chi connectivity index (χ2n) is 14.0. The summed E-state index contributed by atoms with van der Waals surface area (Å²) in [6, 6.07) is 26.6. The van der Waals surface area contributed by atoms with Gasteiger partial charge in [-0.1, -0.05) is 72.8 Å². The summed E-state index contributed by atoms with van der Waals surface area (Å²) in [7, 11) is 0. The zero-order valence-corrected chi connectivity index (χ0v) is 32.6. The number of aryl methyl sites for hydroxylation is 2. The number of alkyl halides is 3. The number of phenolic OH excluding ortho intramolecular Hbond substituents is 1. The highest BCUT2D eigenvalue weighted by molar-refractivity contribution is 5.98. The van der Waals surface area contributed by atoms with Crippen molar-refractivity contribution in [3.8, 4) is 5.75 Å². The Labute approximate surface area is 339 Å². The minimum atomic E-state index is -5.08. The highest BCUT2D eigenvalue weighted by atomic mass is 19.4. The molecule has 4 aromatic rings. The number of carboxylic acid groups (broad SMARTS) is 1. The van der Waals surface area contributed by atoms with Gasteiger partial charge >= 0.3 is 18.2 Å². The molecule has 0 radical (unpaired) electrons. The van der Waals surface area contributed by atoms with Crippen LogP contribution in [0.1, 0.15) is 52.6 Å². The third kappa shape index (κ3) is 13.9. The van der Waals surface area contributed by atoms with Crippen LogP contribution in [0.3, 0.4) is 0 Å². The lowest BCUT2D eigenvalue weighted by atomic mass is 9.91. The van der Waals surface area contributed by atoms with Crippen LogP contribution >= 0.6 is 0 Å². The number of alkyl carbamates (subject to hydrolysis) is 1. The molecule has 59 heavy (non-hydrogen) atoms. The minimum Gasteiger partial charge on any atom is -0.508 e. The molecule has 314 valence electrons. The SMILES string of the molecule is Cc1cc(O)cc(C)c1CC(N)C(=O)N1Cc2ccccc2CC1C(=O)N[C@@H](CCCCNC(=O)OCc1ccccc1)C(=O)Nc1ccccc1.O=C(O)C(F)(F)F. The quantitative estimate of drug-likeness (QED) is 0.0866. The van der Waals surface area contributed by atoms with Gasteiger partial charge in [-0.05, 0) is 97.2 Å². The molecule has 4 amide bonds. The number of nitrogens with one attached hydrogen (secondary N) is 3. The summed E-state index contributed by atoms with van der Waals surface area (Å²) in [5.74, 6) is -3.84. The number of hydrogen-bond acceptors (Lipinski definition) is 8. The number of benzene rings is 4. The number of fused-ring (bicyclic) bond motifs is 1. The number of anilines is 1. The van der Waals surface area contributed by atoms with Crippen molar-refractivity contribution in [1.82, 2.24) is 15.5 Å². The predicted molar refractivity (Wildman–Crippen MR) is 213 cm³/mol. The van der Waals surface area contributed by atoms with Gasteiger partial charge in [-0.15, -0.1) is 0 Å². The van der Waals surface area contributed by atoms with E-state index in [-0.39, 0.29) is 43.6 Å². The zero-order valence-electron chi connectivity index (χ0n) is 32.6. The van der Waals surface area contributed by atoms with E-state index >= 15 is 0 Å². The Morgan fingerprint density at radius 3 is 2.07 bits per heavy atom. The molecular formula is C43H48F3N5O8. The number of carbonyl (C=O) groups is 5. The summed E-state index contributed by atoms with van der Waals surface area (Å²) >= 11 is 0. The third-order valence-corrected chi connectivity index (χ3v) is 9.57. The van der Waals surface area contributed by atoms with Gasteiger partial charge in [0, 0.05) is 25.2 Å². The van der Waals surface area contributed by atoms with Crippen molar-refractivity contribution in [2.75, 3.05) is 11.9 Å². The lowest BCUT2D eigenvalue weighted by Gasteiger charge is -2.38. The molecule has 0 aromatic heterocycles. The van der Waals surface area contributed by atoms with Crippen molar-refractivity contribution in [3.05, 3.63) is 130 Å². The number of unbranched alkanes of at least 4 members (excludes halogenated alkanes) is 1. The highest BCUT2D eigenvalue weighted by Crippen LogP contribution is 2.27. The number of rotatable bonds is 14. The number of nitrogens with two attached hydrogens (primary N) is 1. The number of halogens is 3. The van der Waals surface area contributed by atoms with Gasteiger partial charge < -0.3 is 41.5 Å². The Hall–Kier alpha value is -6.42. The number of amides is 4. The topological polar surface area (TPSA) is 200 Å². The molecule has 13 nitrogen and oxygen atoms in total. The molecule has 1 aliphatic rings. The van der Waals surface area contributed by atoms with Crippen molar-refractivity contribution < 1.29 is 52.1 Å². The van der Waals surface area contributed by atoms with E-state index in [4.69, 9.17) is 20.4 Å². The van der Waals surface area contributed by atoms with Crippen molar-refractivity contribution in [1.29, 1.82) is 0 Å². The first-order valence-corrected chi connectivity index (χ1v) is 18.9. The summed E-state index contributed by atoms with van der Waals surface area (Å²) in [4.78, 5) is 64.4. The van der Waals surface area contributed by atoms with Crippen LogP contribution in [-0.4, -0.2) is 75.7 Å². The molecule has 5 rings (SSSR count). The summed E-state index contributed by atoms with van der Waals surface area (Å²) in [5, 5.41) is 25.7. The number of carboxylic acids is 1. The number of nitrogens with zero attached hydrogens (tertiary/aromatic N) is 1. The molecule has 0 saturated carbocycles. The molecular weight excluding hydrogens is 771 g/mol. The van der Waals surface area contributed by atoms with Crippen molar-refractivity contribution in [2.24, 2.45) is 5.73 Å². The van der Waals surface area contributed by atoms with E-state index in [9.17, 15) is 37.5 Å². The van der Waals surface area contributed by atoms with Crippen LogP contribution in [0, 0.1) is 13.8 Å². The standard InChI is InChI=1S/C41H47N5O6.C2HF3O2/c1-27-21-33(47)22-28(2)34(27)24-35(42)40(50)46-25-31-16-10-9-15-30(31)23-37(46)39(49)45-36(38(48)44-32-17-7-4-8-18-32)19-11-12-20-43-41(51)52-26-29-13-5-3-6-14-29;3-2(4,5)1(6)7/h3-10,13-18,21-22,35-37,47H,11-12,19-20,23-26,42H2,1-2H3,(H,43,51)(H,44,48)(H,45,49);(H,6,7)/t35?,36-,37?;/m0./s1. The number of ether oxygens (including phenoxy) is 1. The van der Waals surface area contributed by atoms with Crippen LogP contribution in [-0.2, 0) is 49.9 Å². The Morgan fingerprint density at radius 1 is 0.881 bits per heavy atom. The van der Waals surface area contributed by atoms with Crippen LogP contribution in [0.25, 0.3) is 0 Å². The van der Waals surface area contributed by atoms with E-state index in [1.54, 1.807) is 36.4 Å². The Bertz CT molecular complexity index is 2040. The maximum Gasteiger partial charge on any atom is 0.490 e. The van der Waals surface area contributed by atoms with Gasteiger partial charge in [0.15, 0.2) is 0 Å². The molecule has 1 heterocycles. The van der Waals surface area contributed by atoms with Gasteiger partial charge in [0.2, 0.25) is 17.7 Å². The first-order chi connectivity index (χ1) is 28.0. The monoisotopic (exact) mass is 819 g/mol.